The molecular weight excluding hydrogens is 262 g/mol. The third-order valence-corrected chi connectivity index (χ3v) is 5.23. The highest BCUT2D eigenvalue weighted by Gasteiger charge is 2.29. The molecule has 2 aliphatic carbocycles. The molecule has 1 aromatic heterocycles. The summed E-state index contributed by atoms with van der Waals surface area (Å²) in [4.78, 5) is 11.1. The fourth-order valence-corrected chi connectivity index (χ4v) is 3.75. The predicted molar refractivity (Wildman–Crippen MR) is 82.3 cm³/mol. The van der Waals surface area contributed by atoms with Gasteiger partial charge in [-0.05, 0) is 63.8 Å². The summed E-state index contributed by atoms with van der Waals surface area (Å²) in [5.41, 5.74) is 2.75. The minimum Gasteiger partial charge on any atom is -0.380 e. The smallest absolute Gasteiger partial charge is 0.124 e. The van der Waals surface area contributed by atoms with Gasteiger partial charge >= 0.3 is 0 Å². The van der Waals surface area contributed by atoms with E-state index in [-0.39, 0.29) is 0 Å². The van der Waals surface area contributed by atoms with E-state index in [0.717, 1.165) is 25.7 Å². The second-order valence-corrected chi connectivity index (χ2v) is 6.97. The first-order valence-corrected chi connectivity index (χ1v) is 8.79. The van der Waals surface area contributed by atoms with E-state index in [2.05, 4.69) is 9.88 Å². The van der Waals surface area contributed by atoms with Crippen LogP contribution in [0.5, 0.6) is 0 Å². The maximum Gasteiger partial charge on any atom is 0.124 e. The molecule has 2 heterocycles. The zero-order chi connectivity index (χ0) is 14.1. The van der Waals surface area contributed by atoms with Gasteiger partial charge in [-0.2, -0.15) is 0 Å². The van der Waals surface area contributed by atoms with E-state index in [0.29, 0.717) is 6.04 Å². The van der Waals surface area contributed by atoms with E-state index < -0.39 is 0 Å². The summed E-state index contributed by atoms with van der Waals surface area (Å²) in [7, 11) is 0. The average Bonchev–Trinajstić information content (AvgIpc) is 3.05. The maximum absolute atomic E-state index is 5.81. The number of imidazole rings is 1. The summed E-state index contributed by atoms with van der Waals surface area (Å²) in [6, 6.07) is 0.500. The second kappa shape index (κ2) is 6.09. The Balaban J connectivity index is 1.35. The first-order chi connectivity index (χ1) is 10.4. The highest BCUT2D eigenvalue weighted by Crippen LogP contribution is 2.32. The summed E-state index contributed by atoms with van der Waals surface area (Å²) in [6.45, 7) is 4.12. The molecule has 1 aliphatic heterocycles. The Hall–Kier alpha value is -0.870. The van der Waals surface area contributed by atoms with E-state index in [1.54, 1.807) is 0 Å². The zero-order valence-corrected chi connectivity index (χ0v) is 12.9. The number of nitrogens with zero attached hydrogens (tertiary/aromatic N) is 2. The average molecular weight is 289 g/mol. The number of ether oxygens (including phenoxy) is 1. The van der Waals surface area contributed by atoms with Gasteiger partial charge in [0.2, 0.25) is 0 Å². The van der Waals surface area contributed by atoms with E-state index in [4.69, 9.17) is 9.72 Å². The Bertz CT molecular complexity index is 457. The number of nitrogens with one attached hydrogen (secondary N) is 1. The molecule has 0 radical (unpaired) electrons. The number of hydrogen-bond donors (Lipinski definition) is 1. The number of rotatable bonds is 6. The van der Waals surface area contributed by atoms with Gasteiger partial charge in [-0.1, -0.05) is 0 Å². The van der Waals surface area contributed by atoms with Crippen molar-refractivity contribution in [1.29, 1.82) is 0 Å². The van der Waals surface area contributed by atoms with Crippen LogP contribution in [0.3, 0.4) is 0 Å². The molecule has 21 heavy (non-hydrogen) atoms. The molecule has 4 rings (SSSR count). The lowest BCUT2D eigenvalue weighted by atomic mass is 10.0. The van der Waals surface area contributed by atoms with Crippen LogP contribution in [0.1, 0.15) is 61.8 Å². The normalized spacial score (nSPS) is 26.2. The van der Waals surface area contributed by atoms with Gasteiger partial charge in [0.15, 0.2) is 0 Å². The van der Waals surface area contributed by atoms with E-state index in [9.17, 15) is 0 Å². The van der Waals surface area contributed by atoms with Crippen molar-refractivity contribution in [3.63, 3.8) is 0 Å². The molecule has 0 spiro atoms. The summed E-state index contributed by atoms with van der Waals surface area (Å²) in [6.07, 6.45) is 10.3. The summed E-state index contributed by atoms with van der Waals surface area (Å²) >= 11 is 0. The molecule has 0 bridgehead atoms. The fraction of sp³-hybridized carbons (Fsp3) is 0.824. The van der Waals surface area contributed by atoms with Crippen LogP contribution < -0.4 is 0 Å². The SMILES string of the molecule is C1CCc2[nH]c([C@@H]3CCCN3CCOCC3CC3)nc2C1. The zero-order valence-electron chi connectivity index (χ0n) is 12.9. The van der Waals surface area contributed by atoms with Gasteiger partial charge in [0.25, 0.3) is 0 Å². The lowest BCUT2D eigenvalue weighted by Gasteiger charge is -2.22. The Morgan fingerprint density at radius 2 is 2.05 bits per heavy atom. The Kier molecular flexibility index (Phi) is 3.99. The Labute approximate surface area is 127 Å². The van der Waals surface area contributed by atoms with Crippen LogP contribution in [0.25, 0.3) is 0 Å². The molecule has 1 N–H and O–H groups in total. The molecule has 1 saturated carbocycles. The van der Waals surface area contributed by atoms with E-state index in [1.165, 1.54) is 75.1 Å². The van der Waals surface area contributed by atoms with E-state index in [1.807, 2.05) is 0 Å². The van der Waals surface area contributed by atoms with Gasteiger partial charge in [0.05, 0.1) is 18.3 Å². The number of fused-ring (bicyclic) bond motifs is 1. The van der Waals surface area contributed by atoms with Crippen molar-refractivity contribution < 1.29 is 4.74 Å². The van der Waals surface area contributed by atoms with Crippen molar-refractivity contribution in [2.24, 2.45) is 5.92 Å². The molecule has 0 unspecified atom stereocenters. The van der Waals surface area contributed by atoms with Crippen LogP contribution in [0, 0.1) is 5.92 Å². The highest BCUT2D eigenvalue weighted by molar-refractivity contribution is 5.19. The Morgan fingerprint density at radius 3 is 2.90 bits per heavy atom. The minimum atomic E-state index is 0.500. The van der Waals surface area contributed by atoms with Gasteiger partial charge < -0.3 is 9.72 Å². The van der Waals surface area contributed by atoms with Crippen LogP contribution >= 0.6 is 0 Å². The minimum absolute atomic E-state index is 0.500. The fourth-order valence-electron chi connectivity index (χ4n) is 3.75. The van der Waals surface area contributed by atoms with Gasteiger partial charge in [-0.25, -0.2) is 4.98 Å². The van der Waals surface area contributed by atoms with Crippen LogP contribution in [0.4, 0.5) is 0 Å². The molecule has 4 heteroatoms. The first-order valence-electron chi connectivity index (χ1n) is 8.79. The molecular formula is C17H27N3O. The number of H-pyrrole nitrogens is 1. The van der Waals surface area contributed by atoms with E-state index >= 15 is 0 Å². The van der Waals surface area contributed by atoms with Crippen LogP contribution in [0.2, 0.25) is 0 Å². The maximum atomic E-state index is 5.81. The largest absolute Gasteiger partial charge is 0.380 e. The summed E-state index contributed by atoms with van der Waals surface area (Å²) < 4.78 is 5.81. The van der Waals surface area contributed by atoms with Crippen LogP contribution in [-0.4, -0.2) is 41.2 Å². The Morgan fingerprint density at radius 1 is 1.14 bits per heavy atom. The predicted octanol–water partition coefficient (Wildman–Crippen LogP) is 2.85. The lowest BCUT2D eigenvalue weighted by molar-refractivity contribution is 0.0913. The molecule has 2 fully saturated rings. The molecule has 0 amide bonds. The first kappa shape index (κ1) is 13.8. The molecule has 116 valence electrons. The van der Waals surface area contributed by atoms with Gasteiger partial charge in [0.1, 0.15) is 5.82 Å². The van der Waals surface area contributed by atoms with Crippen molar-refractivity contribution >= 4 is 0 Å². The second-order valence-electron chi connectivity index (χ2n) is 6.97. The summed E-state index contributed by atoms with van der Waals surface area (Å²) in [5, 5.41) is 0. The van der Waals surface area contributed by atoms with Gasteiger partial charge in [-0.3, -0.25) is 4.90 Å². The number of aryl methyl sites for hydroxylation is 2. The van der Waals surface area contributed by atoms with Crippen molar-refractivity contribution in [1.82, 2.24) is 14.9 Å². The number of aromatic amines is 1. The third kappa shape index (κ3) is 3.16. The molecule has 1 aromatic rings. The monoisotopic (exact) mass is 289 g/mol. The molecule has 3 aliphatic rings. The molecule has 0 aromatic carbocycles. The van der Waals surface area contributed by atoms with Crippen molar-refractivity contribution in [3.05, 3.63) is 17.2 Å². The van der Waals surface area contributed by atoms with Gasteiger partial charge in [0, 0.05) is 18.8 Å². The highest BCUT2D eigenvalue weighted by atomic mass is 16.5. The number of hydrogen-bond acceptors (Lipinski definition) is 3. The van der Waals surface area contributed by atoms with Crippen LogP contribution in [0.15, 0.2) is 0 Å². The van der Waals surface area contributed by atoms with Crippen molar-refractivity contribution in [2.45, 2.75) is 57.4 Å². The van der Waals surface area contributed by atoms with Crippen molar-refractivity contribution in [2.75, 3.05) is 26.3 Å². The standard InChI is InChI=1S/C17H27N3O/c1-2-5-15-14(4-1)18-17(19-15)16-6-3-9-20(16)10-11-21-12-13-7-8-13/h13,16H,1-12H2,(H,18,19)/t16-/m0/s1. The number of likely N-dealkylation sites (tertiary alicyclic amines) is 1. The number of aromatic nitrogens is 2. The summed E-state index contributed by atoms with van der Waals surface area (Å²) in [5.74, 6) is 2.10. The third-order valence-electron chi connectivity index (χ3n) is 5.23. The topological polar surface area (TPSA) is 41.2 Å². The molecule has 1 atom stereocenters. The molecule has 4 nitrogen and oxygen atoms in total. The van der Waals surface area contributed by atoms with Gasteiger partial charge in [-0.15, -0.1) is 0 Å². The quantitative estimate of drug-likeness (QED) is 0.819. The lowest BCUT2D eigenvalue weighted by Crippen LogP contribution is -2.28. The van der Waals surface area contributed by atoms with Crippen LogP contribution in [-0.2, 0) is 17.6 Å². The van der Waals surface area contributed by atoms with Crippen molar-refractivity contribution in [3.8, 4) is 0 Å². The molecule has 1 saturated heterocycles.